The Bertz CT molecular complexity index is 388. The van der Waals surface area contributed by atoms with Crippen LogP contribution in [0.1, 0.15) is 24.0 Å². The molecule has 0 saturated heterocycles. The van der Waals surface area contributed by atoms with Gasteiger partial charge in [0.15, 0.2) is 0 Å². The van der Waals surface area contributed by atoms with Gasteiger partial charge in [0.1, 0.15) is 0 Å². The van der Waals surface area contributed by atoms with Crippen LogP contribution in [0.5, 0.6) is 0 Å². The lowest BCUT2D eigenvalue weighted by Gasteiger charge is -2.26. The standard InChI is InChI=1S/C13H17BrN2/c14-11-2-1-9-6-13(8-16-12-3-4-12)15-7-10(9)5-11/h1-2,5,12-13,15-16H,3-4,6-8H2. The van der Waals surface area contributed by atoms with Gasteiger partial charge in [-0.15, -0.1) is 0 Å². The monoisotopic (exact) mass is 280 g/mol. The number of rotatable bonds is 3. The predicted octanol–water partition coefficient (Wildman–Crippen LogP) is 2.22. The van der Waals surface area contributed by atoms with Gasteiger partial charge in [0, 0.05) is 29.6 Å². The minimum atomic E-state index is 0.606. The van der Waals surface area contributed by atoms with Crippen LogP contribution >= 0.6 is 15.9 Å². The van der Waals surface area contributed by atoms with Crippen LogP contribution in [-0.2, 0) is 13.0 Å². The van der Waals surface area contributed by atoms with Crippen LogP contribution in [-0.4, -0.2) is 18.6 Å². The van der Waals surface area contributed by atoms with Gasteiger partial charge in [-0.25, -0.2) is 0 Å². The summed E-state index contributed by atoms with van der Waals surface area (Å²) in [6.07, 6.45) is 3.90. The van der Waals surface area contributed by atoms with Crippen LogP contribution in [0.4, 0.5) is 0 Å². The first kappa shape index (κ1) is 10.8. The third kappa shape index (κ3) is 2.47. The van der Waals surface area contributed by atoms with E-state index >= 15 is 0 Å². The second-order valence-corrected chi connectivity index (χ2v) is 5.79. The van der Waals surface area contributed by atoms with Crippen molar-refractivity contribution in [3.8, 4) is 0 Å². The van der Waals surface area contributed by atoms with E-state index < -0.39 is 0 Å². The Morgan fingerprint density at radius 1 is 1.31 bits per heavy atom. The SMILES string of the molecule is Brc1ccc2c(c1)CNC(CNC1CC1)C2. The smallest absolute Gasteiger partial charge is 0.0236 e. The van der Waals surface area contributed by atoms with Crippen molar-refractivity contribution in [2.24, 2.45) is 0 Å². The largest absolute Gasteiger partial charge is 0.312 e. The maximum absolute atomic E-state index is 3.60. The molecule has 0 radical (unpaired) electrons. The molecular weight excluding hydrogens is 264 g/mol. The van der Waals surface area contributed by atoms with Crippen molar-refractivity contribution in [3.05, 3.63) is 33.8 Å². The summed E-state index contributed by atoms with van der Waals surface area (Å²) in [6.45, 7) is 2.12. The van der Waals surface area contributed by atoms with E-state index in [1.54, 1.807) is 0 Å². The molecule has 1 unspecified atom stereocenters. The Morgan fingerprint density at radius 3 is 3.00 bits per heavy atom. The van der Waals surface area contributed by atoms with Crippen molar-refractivity contribution in [2.75, 3.05) is 6.54 Å². The number of hydrogen-bond donors (Lipinski definition) is 2. The molecule has 2 nitrogen and oxygen atoms in total. The summed E-state index contributed by atoms with van der Waals surface area (Å²) in [5.41, 5.74) is 2.95. The molecule has 1 aliphatic heterocycles. The zero-order chi connectivity index (χ0) is 11.0. The number of nitrogens with one attached hydrogen (secondary N) is 2. The Labute approximate surface area is 105 Å². The number of hydrogen-bond acceptors (Lipinski definition) is 2. The molecule has 1 fully saturated rings. The van der Waals surface area contributed by atoms with Crippen molar-refractivity contribution in [3.63, 3.8) is 0 Å². The van der Waals surface area contributed by atoms with Gasteiger partial charge < -0.3 is 10.6 Å². The normalized spacial score (nSPS) is 24.2. The molecule has 1 aliphatic carbocycles. The van der Waals surface area contributed by atoms with Gasteiger partial charge in [-0.3, -0.25) is 0 Å². The minimum absolute atomic E-state index is 0.606. The third-order valence-corrected chi connectivity index (χ3v) is 3.94. The number of fused-ring (bicyclic) bond motifs is 1. The molecule has 1 aromatic rings. The molecule has 1 atom stereocenters. The van der Waals surface area contributed by atoms with E-state index in [4.69, 9.17) is 0 Å². The molecule has 1 heterocycles. The van der Waals surface area contributed by atoms with E-state index in [-0.39, 0.29) is 0 Å². The van der Waals surface area contributed by atoms with Crippen molar-refractivity contribution in [2.45, 2.75) is 37.9 Å². The maximum atomic E-state index is 3.60. The molecular formula is C13H17BrN2. The quantitative estimate of drug-likeness (QED) is 0.887. The highest BCUT2D eigenvalue weighted by molar-refractivity contribution is 9.10. The van der Waals surface area contributed by atoms with Crippen LogP contribution in [0, 0.1) is 0 Å². The van der Waals surface area contributed by atoms with Gasteiger partial charge in [0.05, 0.1) is 0 Å². The van der Waals surface area contributed by atoms with Crippen LogP contribution in [0.15, 0.2) is 22.7 Å². The highest BCUT2D eigenvalue weighted by atomic mass is 79.9. The minimum Gasteiger partial charge on any atom is -0.312 e. The van der Waals surface area contributed by atoms with Crippen molar-refractivity contribution in [1.29, 1.82) is 0 Å². The van der Waals surface area contributed by atoms with E-state index in [9.17, 15) is 0 Å². The average molecular weight is 281 g/mol. The Kier molecular flexibility index (Phi) is 3.01. The fourth-order valence-corrected chi connectivity index (χ4v) is 2.70. The van der Waals surface area contributed by atoms with Gasteiger partial charge in [0.25, 0.3) is 0 Å². The second-order valence-electron chi connectivity index (χ2n) is 4.88. The summed E-state index contributed by atoms with van der Waals surface area (Å²) < 4.78 is 1.18. The second kappa shape index (κ2) is 4.47. The Balaban J connectivity index is 1.63. The fourth-order valence-electron chi connectivity index (χ4n) is 2.29. The summed E-state index contributed by atoms with van der Waals surface area (Å²) in [7, 11) is 0. The lowest BCUT2D eigenvalue weighted by Crippen LogP contribution is -2.43. The molecule has 0 amide bonds. The molecule has 3 heteroatoms. The van der Waals surface area contributed by atoms with Crippen molar-refractivity contribution >= 4 is 15.9 Å². The average Bonchev–Trinajstić information content (AvgIpc) is 3.10. The lowest BCUT2D eigenvalue weighted by atomic mass is 9.96. The van der Waals surface area contributed by atoms with E-state index in [2.05, 4.69) is 44.8 Å². The van der Waals surface area contributed by atoms with E-state index in [1.165, 1.54) is 28.4 Å². The van der Waals surface area contributed by atoms with Crippen LogP contribution in [0.2, 0.25) is 0 Å². The van der Waals surface area contributed by atoms with E-state index in [0.717, 1.165) is 25.6 Å². The molecule has 3 rings (SSSR count). The third-order valence-electron chi connectivity index (χ3n) is 3.45. The van der Waals surface area contributed by atoms with Gasteiger partial charge in [-0.05, 0) is 42.5 Å². The van der Waals surface area contributed by atoms with Gasteiger partial charge in [-0.2, -0.15) is 0 Å². The highest BCUT2D eigenvalue weighted by Crippen LogP contribution is 2.22. The molecule has 1 saturated carbocycles. The van der Waals surface area contributed by atoms with Crippen LogP contribution in [0.3, 0.4) is 0 Å². The highest BCUT2D eigenvalue weighted by Gasteiger charge is 2.23. The summed E-state index contributed by atoms with van der Waals surface area (Å²) in [5, 5.41) is 7.20. The summed E-state index contributed by atoms with van der Waals surface area (Å²) in [5.74, 6) is 0. The number of halogens is 1. The van der Waals surface area contributed by atoms with Crippen LogP contribution in [0.25, 0.3) is 0 Å². The maximum Gasteiger partial charge on any atom is 0.0236 e. The zero-order valence-electron chi connectivity index (χ0n) is 9.30. The van der Waals surface area contributed by atoms with E-state index in [1.807, 2.05) is 0 Å². The predicted molar refractivity (Wildman–Crippen MR) is 69.5 cm³/mol. The first-order chi connectivity index (χ1) is 7.81. The lowest BCUT2D eigenvalue weighted by molar-refractivity contribution is 0.446. The topological polar surface area (TPSA) is 24.1 Å². The van der Waals surface area contributed by atoms with Gasteiger partial charge in [0.2, 0.25) is 0 Å². The summed E-state index contributed by atoms with van der Waals surface area (Å²) in [4.78, 5) is 0. The molecule has 1 aromatic carbocycles. The zero-order valence-corrected chi connectivity index (χ0v) is 10.9. The summed E-state index contributed by atoms with van der Waals surface area (Å²) in [6, 6.07) is 8.05. The molecule has 2 aliphatic rings. The Hall–Kier alpha value is -0.380. The van der Waals surface area contributed by atoms with Crippen molar-refractivity contribution in [1.82, 2.24) is 10.6 Å². The Morgan fingerprint density at radius 2 is 2.19 bits per heavy atom. The van der Waals surface area contributed by atoms with E-state index in [0.29, 0.717) is 6.04 Å². The first-order valence-electron chi connectivity index (χ1n) is 6.05. The van der Waals surface area contributed by atoms with Crippen molar-refractivity contribution < 1.29 is 0 Å². The molecule has 0 spiro atoms. The molecule has 16 heavy (non-hydrogen) atoms. The molecule has 0 bridgehead atoms. The van der Waals surface area contributed by atoms with Crippen LogP contribution < -0.4 is 10.6 Å². The summed E-state index contributed by atoms with van der Waals surface area (Å²) >= 11 is 3.52. The first-order valence-corrected chi connectivity index (χ1v) is 6.84. The molecule has 2 N–H and O–H groups in total. The number of benzene rings is 1. The van der Waals surface area contributed by atoms with Gasteiger partial charge in [-0.1, -0.05) is 22.0 Å². The fraction of sp³-hybridized carbons (Fsp3) is 0.538. The molecule has 0 aromatic heterocycles. The molecule has 86 valence electrons. The van der Waals surface area contributed by atoms with Gasteiger partial charge >= 0.3 is 0 Å².